The van der Waals surface area contributed by atoms with Gasteiger partial charge in [-0.25, -0.2) is 0 Å². The number of ether oxygens (including phenoxy) is 1. The van der Waals surface area contributed by atoms with Gasteiger partial charge in [-0.05, 0) is 44.7 Å². The van der Waals surface area contributed by atoms with E-state index in [0.29, 0.717) is 12.3 Å². The van der Waals surface area contributed by atoms with Gasteiger partial charge in [0.05, 0.1) is 5.60 Å². The molecule has 1 unspecified atom stereocenters. The second-order valence-electron chi connectivity index (χ2n) is 5.63. The average Bonchev–Trinajstić information content (AvgIpc) is 2.30. The number of hydrogen-bond acceptors (Lipinski definition) is 3. The molecule has 0 saturated carbocycles. The lowest BCUT2D eigenvalue weighted by molar-refractivity contribution is -0.136. The van der Waals surface area contributed by atoms with Crippen LogP contribution in [0.4, 0.5) is 0 Å². The Morgan fingerprint density at radius 1 is 1.41 bits per heavy atom. The summed E-state index contributed by atoms with van der Waals surface area (Å²) in [7, 11) is 3.67. The highest BCUT2D eigenvalue weighted by Gasteiger charge is 2.38. The van der Waals surface area contributed by atoms with E-state index < -0.39 is 0 Å². The molecule has 0 bridgehead atoms. The zero-order valence-corrected chi connectivity index (χ0v) is 11.0. The lowest BCUT2D eigenvalue weighted by Crippen LogP contribution is -2.48. The molecule has 1 spiro atoms. The number of nitrogens with one attached hydrogen (secondary N) is 1. The fourth-order valence-electron chi connectivity index (χ4n) is 2.96. The van der Waals surface area contributed by atoms with Gasteiger partial charge < -0.3 is 15.0 Å². The molecular formula is C13H24N2O2. The van der Waals surface area contributed by atoms with Crippen molar-refractivity contribution in [1.82, 2.24) is 10.2 Å². The third kappa shape index (κ3) is 3.19. The van der Waals surface area contributed by atoms with E-state index in [1.807, 2.05) is 14.1 Å². The van der Waals surface area contributed by atoms with Crippen molar-refractivity contribution in [3.63, 3.8) is 0 Å². The van der Waals surface area contributed by atoms with E-state index in [1.165, 1.54) is 0 Å². The lowest BCUT2D eigenvalue weighted by Gasteiger charge is -2.43. The second-order valence-corrected chi connectivity index (χ2v) is 5.63. The number of nitrogens with zero attached hydrogens (tertiary/aromatic N) is 1. The van der Waals surface area contributed by atoms with Crippen molar-refractivity contribution in [3.8, 4) is 0 Å². The van der Waals surface area contributed by atoms with E-state index in [1.54, 1.807) is 4.90 Å². The van der Waals surface area contributed by atoms with Crippen molar-refractivity contribution in [2.24, 2.45) is 5.92 Å². The predicted octanol–water partition coefficient (Wildman–Crippen LogP) is 1.01. The Labute approximate surface area is 104 Å². The maximum absolute atomic E-state index is 11.8. The summed E-state index contributed by atoms with van der Waals surface area (Å²) in [6, 6.07) is 0. The summed E-state index contributed by atoms with van der Waals surface area (Å²) in [6.45, 7) is 2.92. The average molecular weight is 240 g/mol. The standard InChI is InChI=1S/C13H24N2O2/c1-15(2)12(16)9-11-3-8-17-13(10-11)4-6-14-7-5-13/h11,14H,3-10H2,1-2H3. The van der Waals surface area contributed by atoms with Crippen molar-refractivity contribution >= 4 is 5.91 Å². The van der Waals surface area contributed by atoms with Crippen LogP contribution in [0.3, 0.4) is 0 Å². The van der Waals surface area contributed by atoms with E-state index in [-0.39, 0.29) is 11.5 Å². The topological polar surface area (TPSA) is 41.6 Å². The summed E-state index contributed by atoms with van der Waals surface area (Å²) >= 11 is 0. The molecule has 2 fully saturated rings. The van der Waals surface area contributed by atoms with Gasteiger partial charge in [0.1, 0.15) is 0 Å². The molecule has 1 amide bonds. The normalized spacial score (nSPS) is 28.0. The Morgan fingerprint density at radius 2 is 2.12 bits per heavy atom. The third-order valence-electron chi connectivity index (χ3n) is 4.07. The highest BCUT2D eigenvalue weighted by molar-refractivity contribution is 5.75. The Morgan fingerprint density at radius 3 is 2.76 bits per heavy atom. The van der Waals surface area contributed by atoms with Gasteiger partial charge in [-0.15, -0.1) is 0 Å². The van der Waals surface area contributed by atoms with Crippen molar-refractivity contribution < 1.29 is 9.53 Å². The van der Waals surface area contributed by atoms with Crippen LogP contribution < -0.4 is 5.32 Å². The minimum atomic E-state index is 0.0702. The molecule has 1 atom stereocenters. The maximum Gasteiger partial charge on any atom is 0.222 e. The maximum atomic E-state index is 11.8. The number of piperidine rings is 1. The molecule has 0 aromatic heterocycles. The summed E-state index contributed by atoms with van der Waals surface area (Å²) in [6.07, 6.45) is 4.98. The molecule has 1 N–H and O–H groups in total. The van der Waals surface area contributed by atoms with Crippen LogP contribution in [0.25, 0.3) is 0 Å². The molecule has 98 valence electrons. The number of carbonyl (C=O) groups excluding carboxylic acids is 1. The molecule has 2 saturated heterocycles. The molecule has 2 rings (SSSR count). The Hall–Kier alpha value is -0.610. The summed E-state index contributed by atoms with van der Waals surface area (Å²) < 4.78 is 6.01. The summed E-state index contributed by atoms with van der Waals surface area (Å²) in [5.74, 6) is 0.762. The molecule has 4 nitrogen and oxygen atoms in total. The molecule has 2 aliphatic heterocycles. The van der Waals surface area contributed by atoms with E-state index in [4.69, 9.17) is 4.74 Å². The molecule has 2 heterocycles. The van der Waals surface area contributed by atoms with Crippen molar-refractivity contribution in [1.29, 1.82) is 0 Å². The first kappa shape index (κ1) is 12.8. The molecule has 0 aromatic carbocycles. The van der Waals surface area contributed by atoms with Crippen molar-refractivity contribution in [2.45, 2.75) is 37.7 Å². The number of hydrogen-bond donors (Lipinski definition) is 1. The number of carbonyl (C=O) groups is 1. The fourth-order valence-corrected chi connectivity index (χ4v) is 2.96. The van der Waals surface area contributed by atoms with Crippen LogP contribution in [0, 0.1) is 5.92 Å². The zero-order valence-electron chi connectivity index (χ0n) is 11.0. The predicted molar refractivity (Wildman–Crippen MR) is 66.8 cm³/mol. The van der Waals surface area contributed by atoms with Gasteiger partial charge in [-0.1, -0.05) is 0 Å². The molecule has 0 aromatic rings. The fraction of sp³-hybridized carbons (Fsp3) is 0.923. The van der Waals surface area contributed by atoms with Gasteiger partial charge in [-0.3, -0.25) is 4.79 Å². The summed E-state index contributed by atoms with van der Waals surface area (Å²) in [5.41, 5.74) is 0.0702. The van der Waals surface area contributed by atoms with E-state index in [9.17, 15) is 4.79 Å². The minimum Gasteiger partial charge on any atom is -0.375 e. The quantitative estimate of drug-likeness (QED) is 0.783. The van der Waals surface area contributed by atoms with Crippen LogP contribution in [-0.2, 0) is 9.53 Å². The van der Waals surface area contributed by atoms with Crippen LogP contribution in [0.2, 0.25) is 0 Å². The summed E-state index contributed by atoms with van der Waals surface area (Å²) in [4.78, 5) is 13.5. The molecule has 4 heteroatoms. The summed E-state index contributed by atoms with van der Waals surface area (Å²) in [5, 5.41) is 3.37. The second kappa shape index (κ2) is 5.36. The first-order valence-corrected chi connectivity index (χ1v) is 6.66. The first-order valence-electron chi connectivity index (χ1n) is 6.66. The Balaban J connectivity index is 1.90. The van der Waals surface area contributed by atoms with Gasteiger partial charge in [0.2, 0.25) is 5.91 Å². The first-order chi connectivity index (χ1) is 8.11. The van der Waals surface area contributed by atoms with Crippen LogP contribution >= 0.6 is 0 Å². The molecule has 0 aliphatic carbocycles. The number of amides is 1. The largest absolute Gasteiger partial charge is 0.375 e. The minimum absolute atomic E-state index is 0.0702. The van der Waals surface area contributed by atoms with Crippen LogP contribution in [0.15, 0.2) is 0 Å². The molecule has 17 heavy (non-hydrogen) atoms. The zero-order chi connectivity index (χ0) is 12.3. The van der Waals surface area contributed by atoms with Crippen LogP contribution in [-0.4, -0.2) is 50.2 Å². The molecule has 0 radical (unpaired) electrons. The smallest absolute Gasteiger partial charge is 0.222 e. The van der Waals surface area contributed by atoms with Crippen LogP contribution in [0.1, 0.15) is 32.1 Å². The van der Waals surface area contributed by atoms with Gasteiger partial charge >= 0.3 is 0 Å². The monoisotopic (exact) mass is 240 g/mol. The van der Waals surface area contributed by atoms with Crippen molar-refractivity contribution in [2.75, 3.05) is 33.8 Å². The van der Waals surface area contributed by atoms with Gasteiger partial charge in [0.25, 0.3) is 0 Å². The third-order valence-corrected chi connectivity index (χ3v) is 4.07. The van der Waals surface area contributed by atoms with E-state index >= 15 is 0 Å². The Bertz CT molecular complexity index is 267. The highest BCUT2D eigenvalue weighted by atomic mass is 16.5. The number of rotatable bonds is 2. The highest BCUT2D eigenvalue weighted by Crippen LogP contribution is 2.37. The van der Waals surface area contributed by atoms with Gasteiger partial charge in [0, 0.05) is 27.1 Å². The SMILES string of the molecule is CN(C)C(=O)CC1CCOC2(CCNCC2)C1. The van der Waals surface area contributed by atoms with Crippen molar-refractivity contribution in [3.05, 3.63) is 0 Å². The van der Waals surface area contributed by atoms with Gasteiger partial charge in [-0.2, -0.15) is 0 Å². The molecular weight excluding hydrogens is 216 g/mol. The van der Waals surface area contributed by atoms with Gasteiger partial charge in [0.15, 0.2) is 0 Å². The Kier molecular flexibility index (Phi) is 4.05. The van der Waals surface area contributed by atoms with E-state index in [2.05, 4.69) is 5.32 Å². The lowest BCUT2D eigenvalue weighted by atomic mass is 9.78. The van der Waals surface area contributed by atoms with Crippen LogP contribution in [0.5, 0.6) is 0 Å². The van der Waals surface area contributed by atoms with E-state index in [0.717, 1.165) is 45.4 Å². The molecule has 2 aliphatic rings.